The molecule has 4 N–H and O–H groups in total. The zero-order valence-corrected chi connectivity index (χ0v) is 18.0. The highest BCUT2D eigenvalue weighted by atomic mass is 35.5. The molecule has 2 aromatic rings. The lowest BCUT2D eigenvalue weighted by molar-refractivity contribution is 0.0547. The summed E-state index contributed by atoms with van der Waals surface area (Å²) in [5, 5.41) is 7.40. The number of halogens is 1. The highest BCUT2D eigenvalue weighted by molar-refractivity contribution is 6.30. The number of nitrogens with one attached hydrogen (secondary N) is 2. The van der Waals surface area contributed by atoms with E-state index < -0.39 is 0 Å². The van der Waals surface area contributed by atoms with Crippen LogP contribution >= 0.6 is 11.6 Å². The van der Waals surface area contributed by atoms with E-state index in [2.05, 4.69) is 25.6 Å². The van der Waals surface area contributed by atoms with Crippen LogP contribution < -0.4 is 16.4 Å². The van der Waals surface area contributed by atoms with Crippen LogP contribution in [0, 0.1) is 0 Å². The highest BCUT2D eigenvalue weighted by Crippen LogP contribution is 2.23. The van der Waals surface area contributed by atoms with Gasteiger partial charge in [0.05, 0.1) is 26.4 Å². The number of nitrogens with zero attached hydrogens (tertiary/aromatic N) is 3. The Hall–Kier alpha value is -2.00. The summed E-state index contributed by atoms with van der Waals surface area (Å²) in [5.41, 5.74) is 6.27. The monoisotopic (exact) mass is 434 g/mol. The van der Waals surface area contributed by atoms with Gasteiger partial charge in [-0.15, -0.1) is 0 Å². The summed E-state index contributed by atoms with van der Waals surface area (Å²) in [4.78, 5) is 13.8. The molecule has 0 radical (unpaired) electrons. The molecule has 0 bridgehead atoms. The fraction of sp³-hybridized carbons (Fsp3) is 0.571. The van der Waals surface area contributed by atoms with Crippen LogP contribution in [0.15, 0.2) is 24.3 Å². The summed E-state index contributed by atoms with van der Waals surface area (Å²) in [7, 11) is 0. The second-order valence-corrected chi connectivity index (χ2v) is 7.67. The van der Waals surface area contributed by atoms with Gasteiger partial charge in [-0.3, -0.25) is 0 Å². The Labute approximate surface area is 182 Å². The zero-order valence-electron chi connectivity index (χ0n) is 17.3. The predicted molar refractivity (Wildman–Crippen MR) is 120 cm³/mol. The third-order valence-corrected chi connectivity index (χ3v) is 5.09. The molecule has 164 valence electrons. The summed E-state index contributed by atoms with van der Waals surface area (Å²) in [6.07, 6.45) is 6.07. The highest BCUT2D eigenvalue weighted by Gasteiger charge is 2.16. The van der Waals surface area contributed by atoms with Crippen molar-refractivity contribution in [3.05, 3.63) is 29.3 Å². The lowest BCUT2D eigenvalue weighted by atomic mass is 9.96. The van der Waals surface area contributed by atoms with Crippen molar-refractivity contribution in [2.24, 2.45) is 5.73 Å². The van der Waals surface area contributed by atoms with E-state index in [9.17, 15) is 0 Å². The average molecular weight is 435 g/mol. The summed E-state index contributed by atoms with van der Waals surface area (Å²) in [6.45, 7) is 3.26. The maximum Gasteiger partial charge on any atom is 0.228 e. The first-order valence-electron chi connectivity index (χ1n) is 10.6. The van der Waals surface area contributed by atoms with Gasteiger partial charge >= 0.3 is 0 Å². The van der Waals surface area contributed by atoms with E-state index in [0.717, 1.165) is 18.4 Å². The molecule has 8 nitrogen and oxygen atoms in total. The molecular formula is C21H31ClN6O2. The smallest absolute Gasteiger partial charge is 0.228 e. The van der Waals surface area contributed by atoms with E-state index in [1.807, 2.05) is 24.3 Å². The number of benzene rings is 1. The molecule has 0 amide bonds. The number of hydrogen-bond donors (Lipinski definition) is 3. The van der Waals surface area contributed by atoms with Gasteiger partial charge in [-0.2, -0.15) is 15.0 Å². The number of aromatic nitrogens is 3. The minimum atomic E-state index is 0.406. The van der Waals surface area contributed by atoms with Crippen LogP contribution in [-0.4, -0.2) is 60.5 Å². The summed E-state index contributed by atoms with van der Waals surface area (Å²) in [5.74, 6) is 1.73. The number of nitrogens with two attached hydrogens (primary N) is 1. The Bertz CT molecular complexity index is 756. The molecule has 1 saturated carbocycles. The molecule has 1 fully saturated rings. The lowest BCUT2D eigenvalue weighted by Gasteiger charge is -2.23. The van der Waals surface area contributed by atoms with Gasteiger partial charge in [0.15, 0.2) is 5.82 Å². The topological polar surface area (TPSA) is 107 Å². The molecule has 1 aromatic heterocycles. The molecule has 3 rings (SSSR count). The van der Waals surface area contributed by atoms with E-state index in [-0.39, 0.29) is 0 Å². The molecule has 9 heteroatoms. The van der Waals surface area contributed by atoms with Crippen LogP contribution in [0.3, 0.4) is 0 Å². The Morgan fingerprint density at radius 1 is 0.900 bits per heavy atom. The normalized spacial score (nSPS) is 14.6. The summed E-state index contributed by atoms with van der Waals surface area (Å²) < 4.78 is 10.8. The van der Waals surface area contributed by atoms with E-state index >= 15 is 0 Å². The van der Waals surface area contributed by atoms with Crippen molar-refractivity contribution in [1.82, 2.24) is 15.0 Å². The van der Waals surface area contributed by atoms with Crippen molar-refractivity contribution in [2.75, 3.05) is 50.2 Å². The number of anilines is 2. The Kier molecular flexibility index (Phi) is 9.56. The Morgan fingerprint density at radius 3 is 2.33 bits per heavy atom. The minimum absolute atomic E-state index is 0.406. The summed E-state index contributed by atoms with van der Waals surface area (Å²) in [6, 6.07) is 7.90. The van der Waals surface area contributed by atoms with Gasteiger partial charge in [-0.05, 0) is 37.1 Å². The van der Waals surface area contributed by atoms with Crippen molar-refractivity contribution in [3.8, 4) is 11.4 Å². The average Bonchev–Trinajstić information content (AvgIpc) is 2.77. The predicted octanol–water partition coefficient (Wildman–Crippen LogP) is 3.34. The Balaban J connectivity index is 1.61. The molecule has 30 heavy (non-hydrogen) atoms. The van der Waals surface area contributed by atoms with Gasteiger partial charge in [0, 0.05) is 29.7 Å². The molecule has 1 aromatic carbocycles. The number of ether oxygens (including phenoxy) is 2. The van der Waals surface area contributed by atoms with E-state index in [1.54, 1.807) is 0 Å². The molecule has 1 heterocycles. The lowest BCUT2D eigenvalue weighted by Crippen LogP contribution is -2.24. The van der Waals surface area contributed by atoms with Crippen LogP contribution in [-0.2, 0) is 9.47 Å². The largest absolute Gasteiger partial charge is 0.378 e. The van der Waals surface area contributed by atoms with Gasteiger partial charge in [-0.25, -0.2) is 0 Å². The Morgan fingerprint density at radius 2 is 1.60 bits per heavy atom. The second-order valence-electron chi connectivity index (χ2n) is 7.23. The van der Waals surface area contributed by atoms with Gasteiger partial charge < -0.3 is 25.8 Å². The number of rotatable bonds is 12. The molecule has 0 aliphatic heterocycles. The van der Waals surface area contributed by atoms with E-state index in [4.69, 9.17) is 26.8 Å². The van der Waals surface area contributed by atoms with Crippen LogP contribution in [0.5, 0.6) is 0 Å². The van der Waals surface area contributed by atoms with Gasteiger partial charge in [-0.1, -0.05) is 30.9 Å². The quantitative estimate of drug-likeness (QED) is 0.436. The standard InChI is InChI=1S/C21H31ClN6O2/c22-17-8-6-16(7-9-17)19-26-20(24-11-13-30-15-14-29-12-10-23)28-21(27-19)25-18-4-2-1-3-5-18/h6-9,18H,1-5,10-15,23H2,(H2,24,25,26,27,28). The van der Waals surface area contributed by atoms with Crippen LogP contribution in [0.2, 0.25) is 5.02 Å². The van der Waals surface area contributed by atoms with Gasteiger partial charge in [0.25, 0.3) is 0 Å². The fourth-order valence-corrected chi connectivity index (χ4v) is 3.44. The molecule has 0 saturated heterocycles. The SMILES string of the molecule is NCCOCCOCCNc1nc(NC2CCCCC2)nc(-c2ccc(Cl)cc2)n1. The van der Waals surface area contributed by atoms with E-state index in [0.29, 0.717) is 68.3 Å². The third-order valence-electron chi connectivity index (χ3n) is 4.84. The molecule has 0 unspecified atom stereocenters. The second kappa shape index (κ2) is 12.6. The molecule has 1 aliphatic rings. The maximum atomic E-state index is 6.02. The van der Waals surface area contributed by atoms with Crippen molar-refractivity contribution >= 4 is 23.5 Å². The summed E-state index contributed by atoms with van der Waals surface area (Å²) >= 11 is 6.02. The van der Waals surface area contributed by atoms with Gasteiger partial charge in [0.2, 0.25) is 11.9 Å². The van der Waals surface area contributed by atoms with Crippen molar-refractivity contribution in [3.63, 3.8) is 0 Å². The molecule has 0 spiro atoms. The zero-order chi connectivity index (χ0) is 21.0. The first-order chi connectivity index (χ1) is 14.7. The molecular weight excluding hydrogens is 404 g/mol. The first-order valence-corrected chi connectivity index (χ1v) is 11.0. The van der Waals surface area contributed by atoms with Gasteiger partial charge in [0.1, 0.15) is 0 Å². The third kappa shape index (κ3) is 7.68. The van der Waals surface area contributed by atoms with E-state index in [1.165, 1.54) is 19.3 Å². The van der Waals surface area contributed by atoms with Crippen molar-refractivity contribution in [2.45, 2.75) is 38.1 Å². The van der Waals surface area contributed by atoms with Crippen molar-refractivity contribution < 1.29 is 9.47 Å². The minimum Gasteiger partial charge on any atom is -0.378 e. The van der Waals surface area contributed by atoms with Crippen LogP contribution in [0.4, 0.5) is 11.9 Å². The molecule has 1 aliphatic carbocycles. The number of hydrogen-bond acceptors (Lipinski definition) is 8. The van der Waals surface area contributed by atoms with Crippen LogP contribution in [0.1, 0.15) is 32.1 Å². The first kappa shape index (κ1) is 22.7. The molecule has 0 atom stereocenters. The maximum absolute atomic E-state index is 6.02. The fourth-order valence-electron chi connectivity index (χ4n) is 3.32. The van der Waals surface area contributed by atoms with Crippen LogP contribution in [0.25, 0.3) is 11.4 Å². The van der Waals surface area contributed by atoms with Crippen molar-refractivity contribution in [1.29, 1.82) is 0 Å².